The van der Waals surface area contributed by atoms with E-state index in [9.17, 15) is 0 Å². The molecule has 0 saturated heterocycles. The molecule has 1 atom stereocenters. The highest BCUT2D eigenvalue weighted by Crippen LogP contribution is 2.23. The molecule has 0 aliphatic carbocycles. The number of hydrogen-bond donors (Lipinski definition) is 2. The number of aryl methyl sites for hydroxylation is 2. The number of hydrazine groups is 1. The number of nitrogens with one attached hydrogen (secondary N) is 1. The minimum Gasteiger partial charge on any atom is -0.271 e. The minimum absolute atomic E-state index is 0.0287. The van der Waals surface area contributed by atoms with E-state index in [0.717, 1.165) is 10.3 Å². The third kappa shape index (κ3) is 2.77. The molecule has 6 heteroatoms. The smallest absolute Gasteiger partial charge is 0.138 e. The summed E-state index contributed by atoms with van der Waals surface area (Å²) in [5, 5.41) is 4.06. The molecule has 0 radical (unpaired) electrons. The molecule has 1 aromatic carbocycles. The molecule has 0 bridgehead atoms. The Bertz CT molecular complexity index is 537. The van der Waals surface area contributed by atoms with Gasteiger partial charge in [0.1, 0.15) is 12.2 Å². The summed E-state index contributed by atoms with van der Waals surface area (Å²) < 4.78 is 2.83. The second kappa shape index (κ2) is 5.60. The van der Waals surface area contributed by atoms with Crippen molar-refractivity contribution in [1.29, 1.82) is 0 Å². The van der Waals surface area contributed by atoms with Crippen LogP contribution >= 0.6 is 15.9 Å². The molecule has 0 aliphatic heterocycles. The lowest BCUT2D eigenvalue weighted by atomic mass is 9.99. The number of nitrogens with two attached hydrogens (primary N) is 1. The lowest BCUT2D eigenvalue weighted by molar-refractivity contribution is 0.521. The molecule has 1 heterocycles. The van der Waals surface area contributed by atoms with Gasteiger partial charge in [0, 0.05) is 17.9 Å². The van der Waals surface area contributed by atoms with E-state index >= 15 is 0 Å². The van der Waals surface area contributed by atoms with Gasteiger partial charge < -0.3 is 0 Å². The normalized spacial score (nSPS) is 12.7. The maximum Gasteiger partial charge on any atom is 0.138 e. The van der Waals surface area contributed by atoms with E-state index in [2.05, 4.69) is 50.5 Å². The zero-order valence-electron chi connectivity index (χ0n) is 10.4. The average Bonchev–Trinajstić information content (AvgIpc) is 2.73. The van der Waals surface area contributed by atoms with E-state index in [1.165, 1.54) is 11.1 Å². The fraction of sp³-hybridized carbons (Fsp3) is 0.333. The van der Waals surface area contributed by atoms with Gasteiger partial charge in [-0.05, 0) is 30.2 Å². The Balaban J connectivity index is 2.26. The molecule has 1 unspecified atom stereocenters. The summed E-state index contributed by atoms with van der Waals surface area (Å²) in [6, 6.07) is 6.20. The Labute approximate surface area is 115 Å². The van der Waals surface area contributed by atoms with Crippen molar-refractivity contribution in [2.45, 2.75) is 19.4 Å². The maximum absolute atomic E-state index is 5.66. The molecule has 96 valence electrons. The van der Waals surface area contributed by atoms with Crippen LogP contribution in [0.1, 0.15) is 23.0 Å². The largest absolute Gasteiger partial charge is 0.271 e. The van der Waals surface area contributed by atoms with Crippen LogP contribution in [0.3, 0.4) is 0 Å². The van der Waals surface area contributed by atoms with Crippen LogP contribution in [0.2, 0.25) is 0 Å². The first-order valence-electron chi connectivity index (χ1n) is 5.67. The fourth-order valence-electron chi connectivity index (χ4n) is 1.98. The van der Waals surface area contributed by atoms with Gasteiger partial charge in [-0.2, -0.15) is 5.10 Å². The first-order valence-corrected chi connectivity index (χ1v) is 6.46. The van der Waals surface area contributed by atoms with Crippen LogP contribution in [-0.2, 0) is 13.5 Å². The predicted octanol–water partition coefficient (Wildman–Crippen LogP) is 1.63. The third-order valence-corrected chi connectivity index (χ3v) is 3.49. The number of aromatic nitrogens is 3. The van der Waals surface area contributed by atoms with Crippen LogP contribution in [0.15, 0.2) is 29.0 Å². The molecule has 3 N–H and O–H groups in total. The summed E-state index contributed by atoms with van der Waals surface area (Å²) in [5.41, 5.74) is 5.21. The Hall–Kier alpha value is -1.24. The standard InChI is InChI=1S/C12H16BrN5/c1-8-5-9(13)3-4-10(8)11(17-14)6-12-15-7-16-18(12)2/h3-5,7,11,17H,6,14H2,1-2H3. The van der Waals surface area contributed by atoms with Crippen LogP contribution in [0.5, 0.6) is 0 Å². The Morgan fingerprint density at radius 3 is 2.83 bits per heavy atom. The minimum atomic E-state index is 0.0287. The van der Waals surface area contributed by atoms with Gasteiger partial charge in [0.05, 0.1) is 6.04 Å². The third-order valence-electron chi connectivity index (χ3n) is 3.00. The monoisotopic (exact) mass is 309 g/mol. The number of nitrogens with zero attached hydrogens (tertiary/aromatic N) is 3. The molecule has 0 fully saturated rings. The highest BCUT2D eigenvalue weighted by Gasteiger charge is 2.15. The van der Waals surface area contributed by atoms with E-state index < -0.39 is 0 Å². The van der Waals surface area contributed by atoms with Gasteiger partial charge in [0.2, 0.25) is 0 Å². The van der Waals surface area contributed by atoms with Crippen molar-refractivity contribution in [2.24, 2.45) is 12.9 Å². The average molecular weight is 310 g/mol. The van der Waals surface area contributed by atoms with Gasteiger partial charge in [-0.15, -0.1) is 0 Å². The first-order chi connectivity index (χ1) is 8.61. The van der Waals surface area contributed by atoms with Crippen LogP contribution in [0.25, 0.3) is 0 Å². The summed E-state index contributed by atoms with van der Waals surface area (Å²) in [6.45, 7) is 2.07. The number of benzene rings is 1. The van der Waals surface area contributed by atoms with Crippen LogP contribution in [0.4, 0.5) is 0 Å². The summed E-state index contributed by atoms with van der Waals surface area (Å²) in [4.78, 5) is 4.22. The highest BCUT2D eigenvalue weighted by atomic mass is 79.9. The van der Waals surface area contributed by atoms with Gasteiger partial charge in [0.25, 0.3) is 0 Å². The van der Waals surface area contributed by atoms with Crippen molar-refractivity contribution < 1.29 is 0 Å². The fourth-order valence-corrected chi connectivity index (χ4v) is 2.45. The van der Waals surface area contributed by atoms with E-state index in [1.54, 1.807) is 11.0 Å². The quantitative estimate of drug-likeness (QED) is 0.665. The van der Waals surface area contributed by atoms with Crippen LogP contribution in [-0.4, -0.2) is 14.8 Å². The molecule has 0 saturated carbocycles. The van der Waals surface area contributed by atoms with Crippen molar-refractivity contribution in [3.8, 4) is 0 Å². The van der Waals surface area contributed by atoms with E-state index in [0.29, 0.717) is 6.42 Å². The van der Waals surface area contributed by atoms with E-state index in [4.69, 9.17) is 5.84 Å². The zero-order valence-corrected chi connectivity index (χ0v) is 12.0. The zero-order chi connectivity index (χ0) is 13.1. The van der Waals surface area contributed by atoms with Crippen LogP contribution in [0, 0.1) is 6.92 Å². The van der Waals surface area contributed by atoms with Crippen molar-refractivity contribution in [3.63, 3.8) is 0 Å². The van der Waals surface area contributed by atoms with Crippen molar-refractivity contribution in [2.75, 3.05) is 0 Å². The topological polar surface area (TPSA) is 68.8 Å². The Morgan fingerprint density at radius 2 is 2.28 bits per heavy atom. The van der Waals surface area contributed by atoms with Crippen molar-refractivity contribution >= 4 is 15.9 Å². The molecule has 2 aromatic rings. The molecule has 18 heavy (non-hydrogen) atoms. The lowest BCUT2D eigenvalue weighted by Gasteiger charge is -2.18. The lowest BCUT2D eigenvalue weighted by Crippen LogP contribution is -2.30. The SMILES string of the molecule is Cc1cc(Br)ccc1C(Cc1ncnn1C)NN. The summed E-state index contributed by atoms with van der Waals surface area (Å²) in [5.74, 6) is 6.56. The highest BCUT2D eigenvalue weighted by molar-refractivity contribution is 9.10. The number of halogens is 1. The second-order valence-corrected chi connectivity index (χ2v) is 5.14. The molecular formula is C12H16BrN5. The molecule has 0 aliphatic rings. The first kappa shape index (κ1) is 13.2. The Kier molecular flexibility index (Phi) is 4.11. The van der Waals surface area contributed by atoms with Crippen molar-refractivity contribution in [1.82, 2.24) is 20.2 Å². The Morgan fingerprint density at radius 1 is 1.50 bits per heavy atom. The summed E-state index contributed by atoms with van der Waals surface area (Å²) in [7, 11) is 1.88. The molecule has 0 spiro atoms. The molecule has 1 aromatic heterocycles. The number of rotatable bonds is 4. The summed E-state index contributed by atoms with van der Waals surface area (Å²) in [6.07, 6.45) is 2.26. The van der Waals surface area contributed by atoms with Crippen LogP contribution < -0.4 is 11.3 Å². The maximum atomic E-state index is 5.66. The van der Waals surface area contributed by atoms with Gasteiger partial charge in [-0.1, -0.05) is 22.0 Å². The summed E-state index contributed by atoms with van der Waals surface area (Å²) >= 11 is 3.46. The number of hydrogen-bond acceptors (Lipinski definition) is 4. The molecular weight excluding hydrogens is 294 g/mol. The predicted molar refractivity (Wildman–Crippen MR) is 73.7 cm³/mol. The second-order valence-electron chi connectivity index (χ2n) is 4.22. The van der Waals surface area contributed by atoms with Gasteiger partial charge in [0.15, 0.2) is 0 Å². The molecule has 2 rings (SSSR count). The van der Waals surface area contributed by atoms with E-state index in [1.807, 2.05) is 13.1 Å². The van der Waals surface area contributed by atoms with Gasteiger partial charge >= 0.3 is 0 Å². The van der Waals surface area contributed by atoms with Gasteiger partial charge in [-0.3, -0.25) is 16.0 Å². The molecule has 0 amide bonds. The van der Waals surface area contributed by atoms with Crippen molar-refractivity contribution in [3.05, 3.63) is 46.0 Å². The van der Waals surface area contributed by atoms with Gasteiger partial charge in [-0.25, -0.2) is 4.98 Å². The molecule has 5 nitrogen and oxygen atoms in total. The van der Waals surface area contributed by atoms with E-state index in [-0.39, 0.29) is 6.04 Å².